The molecule has 1 rings (SSSR count). The van der Waals surface area contributed by atoms with Crippen molar-refractivity contribution >= 4 is 28.8 Å². The largest absolute Gasteiger partial charge is 0.365 e. The zero-order valence-corrected chi connectivity index (χ0v) is 8.20. The Hall–Kier alpha value is -1.36. The molecule has 0 saturated carbocycles. The molecule has 0 radical (unpaired) electrons. The molecule has 0 aliphatic carbocycles. The summed E-state index contributed by atoms with van der Waals surface area (Å²) in [7, 11) is 0. The molecule has 2 amide bonds. The Morgan fingerprint density at radius 2 is 2.15 bits per heavy atom. The van der Waals surface area contributed by atoms with Crippen molar-refractivity contribution in [1.29, 1.82) is 0 Å². The van der Waals surface area contributed by atoms with Crippen molar-refractivity contribution < 1.29 is 9.59 Å². The van der Waals surface area contributed by atoms with Crippen LogP contribution < -0.4 is 11.1 Å². The molecule has 1 heterocycles. The molecule has 0 aliphatic heterocycles. The molecule has 3 N–H and O–H groups in total. The Morgan fingerprint density at radius 1 is 1.54 bits per heavy atom. The van der Waals surface area contributed by atoms with Crippen molar-refractivity contribution in [3.63, 3.8) is 0 Å². The van der Waals surface area contributed by atoms with Gasteiger partial charge in [0.25, 0.3) is 5.91 Å². The minimum atomic E-state index is -0.468. The fraction of sp³-hybridized carbons (Fsp3) is 0.250. The van der Waals surface area contributed by atoms with E-state index in [4.69, 9.17) is 5.73 Å². The Labute approximate surface area is 79.7 Å². The number of nitrogens with two attached hydrogens (primary N) is 1. The summed E-state index contributed by atoms with van der Waals surface area (Å²) in [5.41, 5.74) is 5.74. The molecular formula is C8H10N2O2S. The van der Waals surface area contributed by atoms with E-state index in [2.05, 4.69) is 5.32 Å². The topological polar surface area (TPSA) is 72.2 Å². The molecule has 0 spiro atoms. The fourth-order valence-electron chi connectivity index (χ4n) is 0.917. The first-order chi connectivity index (χ1) is 6.00. The van der Waals surface area contributed by atoms with Crippen LogP contribution in [0.25, 0.3) is 0 Å². The summed E-state index contributed by atoms with van der Waals surface area (Å²) >= 11 is 1.28. The van der Waals surface area contributed by atoms with Gasteiger partial charge in [0.2, 0.25) is 5.91 Å². The lowest BCUT2D eigenvalue weighted by Crippen LogP contribution is -2.09. The molecule has 0 bridgehead atoms. The summed E-state index contributed by atoms with van der Waals surface area (Å²) in [5, 5.41) is 2.61. The first-order valence-corrected chi connectivity index (χ1v) is 4.50. The van der Waals surface area contributed by atoms with Gasteiger partial charge in [0, 0.05) is 11.8 Å². The predicted molar refractivity (Wildman–Crippen MR) is 51.9 cm³/mol. The second-order valence-corrected chi connectivity index (χ2v) is 3.88. The highest BCUT2D eigenvalue weighted by Crippen LogP contribution is 2.25. The highest BCUT2D eigenvalue weighted by atomic mass is 32.1. The SMILES string of the molecule is CC(=O)Nc1cc(C(N)=O)sc1C. The molecule has 5 heteroatoms. The van der Waals surface area contributed by atoms with Crippen molar-refractivity contribution in [3.8, 4) is 0 Å². The first-order valence-electron chi connectivity index (χ1n) is 3.68. The summed E-state index contributed by atoms with van der Waals surface area (Å²) in [4.78, 5) is 22.8. The third-order valence-corrected chi connectivity index (χ3v) is 2.54. The van der Waals surface area contributed by atoms with Gasteiger partial charge >= 0.3 is 0 Å². The van der Waals surface area contributed by atoms with Gasteiger partial charge in [-0.15, -0.1) is 11.3 Å². The van der Waals surface area contributed by atoms with E-state index in [1.165, 1.54) is 18.3 Å². The summed E-state index contributed by atoms with van der Waals surface area (Å²) < 4.78 is 0. The average Bonchev–Trinajstić information content (AvgIpc) is 2.31. The van der Waals surface area contributed by atoms with Crippen molar-refractivity contribution in [1.82, 2.24) is 0 Å². The highest BCUT2D eigenvalue weighted by Gasteiger charge is 2.09. The lowest BCUT2D eigenvalue weighted by molar-refractivity contribution is -0.114. The number of rotatable bonds is 2. The zero-order chi connectivity index (χ0) is 10.0. The summed E-state index contributed by atoms with van der Waals surface area (Å²) in [6.07, 6.45) is 0. The zero-order valence-electron chi connectivity index (χ0n) is 7.38. The fourth-order valence-corrected chi connectivity index (χ4v) is 1.74. The van der Waals surface area contributed by atoms with E-state index in [1.54, 1.807) is 6.07 Å². The minimum Gasteiger partial charge on any atom is -0.365 e. The molecule has 13 heavy (non-hydrogen) atoms. The number of hydrogen-bond donors (Lipinski definition) is 2. The Bertz CT molecular complexity index is 357. The molecule has 1 aromatic rings. The lowest BCUT2D eigenvalue weighted by Gasteiger charge is -1.97. The Balaban J connectivity index is 2.96. The van der Waals surface area contributed by atoms with E-state index in [9.17, 15) is 9.59 Å². The monoisotopic (exact) mass is 198 g/mol. The van der Waals surface area contributed by atoms with Gasteiger partial charge in [-0.25, -0.2) is 0 Å². The van der Waals surface area contributed by atoms with Gasteiger partial charge in [0.15, 0.2) is 0 Å². The number of carbonyl (C=O) groups is 2. The number of anilines is 1. The number of hydrogen-bond acceptors (Lipinski definition) is 3. The Kier molecular flexibility index (Phi) is 2.67. The number of amides is 2. The molecule has 1 aromatic heterocycles. The number of thiophene rings is 1. The van der Waals surface area contributed by atoms with Crippen LogP contribution >= 0.6 is 11.3 Å². The number of aryl methyl sites for hydroxylation is 1. The van der Waals surface area contributed by atoms with Gasteiger partial charge in [-0.05, 0) is 13.0 Å². The second-order valence-electron chi connectivity index (χ2n) is 2.63. The van der Waals surface area contributed by atoms with Crippen LogP contribution in [0.4, 0.5) is 5.69 Å². The van der Waals surface area contributed by atoms with E-state index < -0.39 is 5.91 Å². The standard InChI is InChI=1S/C8H10N2O2S/c1-4-6(10-5(2)11)3-7(13-4)8(9)12/h3H,1-2H3,(H2,9,12)(H,10,11). The Morgan fingerprint density at radius 3 is 2.54 bits per heavy atom. The summed E-state index contributed by atoms with van der Waals surface area (Å²) in [6.45, 7) is 3.24. The van der Waals surface area contributed by atoms with E-state index in [0.29, 0.717) is 10.6 Å². The quantitative estimate of drug-likeness (QED) is 0.747. The smallest absolute Gasteiger partial charge is 0.258 e. The second kappa shape index (κ2) is 3.57. The summed E-state index contributed by atoms with van der Waals surface area (Å²) in [6, 6.07) is 1.59. The number of carbonyl (C=O) groups excluding carboxylic acids is 2. The van der Waals surface area contributed by atoms with Gasteiger partial charge in [0.1, 0.15) is 0 Å². The van der Waals surface area contributed by atoms with Crippen molar-refractivity contribution in [2.24, 2.45) is 5.73 Å². The van der Waals surface area contributed by atoms with Gasteiger partial charge in [-0.1, -0.05) is 0 Å². The van der Waals surface area contributed by atoms with Gasteiger partial charge < -0.3 is 11.1 Å². The summed E-state index contributed by atoms with van der Waals surface area (Å²) in [5.74, 6) is -0.623. The molecule has 0 aromatic carbocycles. The lowest BCUT2D eigenvalue weighted by atomic mass is 10.3. The van der Waals surface area contributed by atoms with Crippen LogP contribution in [-0.2, 0) is 4.79 Å². The molecule has 0 saturated heterocycles. The van der Waals surface area contributed by atoms with Gasteiger partial charge in [0.05, 0.1) is 10.6 Å². The molecule has 0 unspecified atom stereocenters. The molecule has 4 nitrogen and oxygen atoms in total. The van der Waals surface area contributed by atoms with Crippen LogP contribution in [0.1, 0.15) is 21.5 Å². The minimum absolute atomic E-state index is 0.156. The number of nitrogens with one attached hydrogen (secondary N) is 1. The van der Waals surface area contributed by atoms with Crippen LogP contribution in [0.5, 0.6) is 0 Å². The van der Waals surface area contributed by atoms with Crippen LogP contribution in [0.15, 0.2) is 6.07 Å². The maximum Gasteiger partial charge on any atom is 0.258 e. The van der Waals surface area contributed by atoms with Crippen LogP contribution in [-0.4, -0.2) is 11.8 Å². The first kappa shape index (κ1) is 9.73. The van der Waals surface area contributed by atoms with Crippen molar-refractivity contribution in [2.45, 2.75) is 13.8 Å². The molecular weight excluding hydrogens is 188 g/mol. The highest BCUT2D eigenvalue weighted by molar-refractivity contribution is 7.14. The van der Waals surface area contributed by atoms with Crippen LogP contribution in [0.3, 0.4) is 0 Å². The van der Waals surface area contributed by atoms with Gasteiger partial charge in [-0.3, -0.25) is 9.59 Å². The number of primary amides is 1. The van der Waals surface area contributed by atoms with Gasteiger partial charge in [-0.2, -0.15) is 0 Å². The van der Waals surface area contributed by atoms with E-state index in [-0.39, 0.29) is 5.91 Å². The van der Waals surface area contributed by atoms with E-state index >= 15 is 0 Å². The maximum absolute atomic E-state index is 10.8. The normalized spacial score (nSPS) is 9.69. The maximum atomic E-state index is 10.8. The molecule has 0 atom stereocenters. The predicted octanol–water partition coefficient (Wildman–Crippen LogP) is 1.11. The molecule has 0 aliphatic rings. The van der Waals surface area contributed by atoms with Crippen LogP contribution in [0, 0.1) is 6.92 Å². The van der Waals surface area contributed by atoms with E-state index in [0.717, 1.165) is 4.88 Å². The average molecular weight is 198 g/mol. The molecule has 0 fully saturated rings. The van der Waals surface area contributed by atoms with E-state index in [1.807, 2.05) is 6.92 Å². The third-order valence-electron chi connectivity index (χ3n) is 1.47. The van der Waals surface area contributed by atoms with Crippen molar-refractivity contribution in [3.05, 3.63) is 15.8 Å². The molecule has 70 valence electrons. The third kappa shape index (κ3) is 2.29. The van der Waals surface area contributed by atoms with Crippen molar-refractivity contribution in [2.75, 3.05) is 5.32 Å². The van der Waals surface area contributed by atoms with Crippen LogP contribution in [0.2, 0.25) is 0 Å².